The Bertz CT molecular complexity index is 1630. The third kappa shape index (κ3) is 10.6. The Hall–Kier alpha value is -4.77. The molecule has 2 aliphatic rings. The van der Waals surface area contributed by atoms with Gasteiger partial charge in [0.05, 0.1) is 13.2 Å². The Morgan fingerprint density at radius 1 is 0.740 bits per heavy atom. The van der Waals surface area contributed by atoms with Gasteiger partial charge in [0.15, 0.2) is 11.5 Å². The monoisotopic (exact) mass is 688 g/mol. The minimum atomic E-state index is -0.871. The van der Waals surface area contributed by atoms with E-state index in [1.807, 2.05) is 59.5 Å². The number of ether oxygens (including phenoxy) is 4. The minimum Gasteiger partial charge on any atom is -0.494 e. The topological polar surface area (TPSA) is 135 Å². The van der Waals surface area contributed by atoms with E-state index < -0.39 is 11.9 Å². The normalized spacial score (nSPS) is 14.3. The highest BCUT2D eigenvalue weighted by Gasteiger charge is 2.21. The number of benzene rings is 3. The van der Waals surface area contributed by atoms with Gasteiger partial charge in [0.2, 0.25) is 6.79 Å². The second kappa shape index (κ2) is 18.3. The van der Waals surface area contributed by atoms with E-state index in [1.165, 1.54) is 0 Å². The van der Waals surface area contributed by atoms with Crippen molar-refractivity contribution in [2.75, 3.05) is 53.2 Å². The zero-order valence-corrected chi connectivity index (χ0v) is 28.9. The summed E-state index contributed by atoms with van der Waals surface area (Å²) in [4.78, 5) is 40.1. The molecule has 0 radical (unpaired) electrons. The molecular weight excluding hydrogens is 640 g/mol. The first-order chi connectivity index (χ1) is 24.3. The number of fused-ring (bicyclic) bond motifs is 1. The molecule has 0 aliphatic carbocycles. The molecule has 1 amide bonds. The third-order valence-electron chi connectivity index (χ3n) is 9.09. The highest BCUT2D eigenvalue weighted by atomic mass is 16.7. The van der Waals surface area contributed by atoms with Crippen LogP contribution in [0.25, 0.3) is 11.1 Å². The smallest absolute Gasteiger partial charge is 0.303 e. The van der Waals surface area contributed by atoms with Gasteiger partial charge in [-0.15, -0.1) is 0 Å². The molecule has 3 aromatic carbocycles. The zero-order chi connectivity index (χ0) is 35.3. The largest absolute Gasteiger partial charge is 0.494 e. The van der Waals surface area contributed by atoms with Crippen LogP contribution in [0.5, 0.6) is 23.0 Å². The summed E-state index contributed by atoms with van der Waals surface area (Å²) in [5, 5.41) is 18.2. The summed E-state index contributed by atoms with van der Waals surface area (Å²) in [6, 6.07) is 17.3. The number of carboxylic acids is 2. The fourth-order valence-corrected chi connectivity index (χ4v) is 6.34. The van der Waals surface area contributed by atoms with Crippen molar-refractivity contribution in [2.45, 2.75) is 64.2 Å². The van der Waals surface area contributed by atoms with Gasteiger partial charge in [0.25, 0.3) is 5.91 Å². The van der Waals surface area contributed by atoms with Crippen molar-refractivity contribution in [3.63, 3.8) is 0 Å². The van der Waals surface area contributed by atoms with Crippen molar-refractivity contribution in [3.05, 3.63) is 71.3 Å². The van der Waals surface area contributed by atoms with Gasteiger partial charge in [-0.3, -0.25) is 14.4 Å². The van der Waals surface area contributed by atoms with E-state index in [4.69, 9.17) is 24.1 Å². The molecule has 5 rings (SSSR count). The number of aliphatic carboxylic acids is 2. The Balaban J connectivity index is 1.17. The van der Waals surface area contributed by atoms with Crippen LogP contribution in [0.4, 0.5) is 0 Å². The van der Waals surface area contributed by atoms with Gasteiger partial charge in [-0.2, -0.15) is 0 Å². The van der Waals surface area contributed by atoms with E-state index in [2.05, 4.69) is 11.9 Å². The molecule has 11 nitrogen and oxygen atoms in total. The van der Waals surface area contributed by atoms with Gasteiger partial charge in [-0.1, -0.05) is 31.0 Å². The van der Waals surface area contributed by atoms with E-state index in [1.54, 1.807) is 0 Å². The van der Waals surface area contributed by atoms with Crippen molar-refractivity contribution >= 4 is 17.8 Å². The van der Waals surface area contributed by atoms with Crippen LogP contribution in [0.1, 0.15) is 72.9 Å². The minimum absolute atomic E-state index is 0.00160. The number of carbonyl (C=O) groups excluding carboxylic acids is 1. The van der Waals surface area contributed by atoms with Crippen LogP contribution in [0.3, 0.4) is 0 Å². The maximum Gasteiger partial charge on any atom is 0.303 e. The van der Waals surface area contributed by atoms with E-state index in [0.29, 0.717) is 54.6 Å². The van der Waals surface area contributed by atoms with Crippen molar-refractivity contribution in [1.29, 1.82) is 0 Å². The number of carbonyl (C=O) groups is 3. The fourth-order valence-electron chi connectivity index (χ4n) is 6.34. The summed E-state index contributed by atoms with van der Waals surface area (Å²) in [5.74, 6) is 0.933. The molecule has 0 atom stereocenters. The van der Waals surface area contributed by atoms with E-state index in [-0.39, 0.29) is 32.1 Å². The fraction of sp³-hybridized carbons (Fsp3) is 0.462. The highest BCUT2D eigenvalue weighted by molar-refractivity contribution is 5.96. The number of hydrogen-bond donors (Lipinski definition) is 2. The second-order valence-corrected chi connectivity index (χ2v) is 12.9. The Morgan fingerprint density at radius 2 is 1.54 bits per heavy atom. The van der Waals surface area contributed by atoms with Crippen molar-refractivity contribution in [1.82, 2.24) is 9.80 Å². The predicted octanol–water partition coefficient (Wildman–Crippen LogP) is 6.30. The number of amides is 1. The average Bonchev–Trinajstić information content (AvgIpc) is 3.47. The molecule has 0 spiro atoms. The van der Waals surface area contributed by atoms with Crippen molar-refractivity contribution in [2.24, 2.45) is 0 Å². The van der Waals surface area contributed by atoms with Crippen LogP contribution in [-0.4, -0.2) is 91.1 Å². The summed E-state index contributed by atoms with van der Waals surface area (Å²) in [6.07, 6.45) is 6.17. The molecule has 11 heteroatoms. The molecule has 1 saturated heterocycles. The number of rotatable bonds is 18. The van der Waals surface area contributed by atoms with E-state index in [0.717, 1.165) is 80.4 Å². The van der Waals surface area contributed by atoms with Crippen LogP contribution in [-0.2, 0) is 22.4 Å². The first-order valence-corrected chi connectivity index (χ1v) is 17.6. The Kier molecular flexibility index (Phi) is 13.4. The number of nitrogens with zero attached hydrogens (tertiary/aromatic N) is 2. The summed E-state index contributed by atoms with van der Waals surface area (Å²) in [7, 11) is 2.09. The standard InChI is InChI=1S/C39H48N2O9/c1-40-17-8-18-41(20-19-40)39(46)31-23-30(29-13-15-35-36(26-29)50-27-49-35)24-32(25-31)47-21-5-3-2-4-9-28-10-6-11-34(33(28)14-16-38(44)45)48-22-7-12-37(42)43/h6,10-11,13,15,23-26H,2-5,7-9,12,14,16-22,27H2,1H3,(H,42,43)(H,44,45). The summed E-state index contributed by atoms with van der Waals surface area (Å²) >= 11 is 0. The van der Waals surface area contributed by atoms with E-state index in [9.17, 15) is 19.5 Å². The molecule has 268 valence electrons. The first-order valence-electron chi connectivity index (χ1n) is 17.6. The number of aryl methyl sites for hydroxylation is 1. The van der Waals surface area contributed by atoms with Gasteiger partial charge < -0.3 is 39.0 Å². The molecule has 0 saturated carbocycles. The highest BCUT2D eigenvalue weighted by Crippen LogP contribution is 2.37. The van der Waals surface area contributed by atoms with Gasteiger partial charge in [0, 0.05) is 38.0 Å². The van der Waals surface area contributed by atoms with Crippen LogP contribution in [0.2, 0.25) is 0 Å². The Morgan fingerprint density at radius 3 is 2.38 bits per heavy atom. The first kappa shape index (κ1) is 36.5. The molecule has 50 heavy (non-hydrogen) atoms. The number of unbranched alkanes of at least 4 members (excludes halogenated alkanes) is 3. The molecule has 1 fully saturated rings. The molecule has 3 aromatic rings. The van der Waals surface area contributed by atoms with Gasteiger partial charge in [-0.25, -0.2) is 0 Å². The van der Waals surface area contributed by atoms with Gasteiger partial charge >= 0.3 is 11.9 Å². The van der Waals surface area contributed by atoms with Gasteiger partial charge in [0.1, 0.15) is 11.5 Å². The summed E-state index contributed by atoms with van der Waals surface area (Å²) < 4.78 is 23.2. The lowest BCUT2D eigenvalue weighted by atomic mass is 9.97. The molecule has 2 aliphatic heterocycles. The SMILES string of the molecule is CN1CCCN(C(=O)c2cc(OCCCCCCc3cccc(OCCCC(=O)O)c3CCC(=O)O)cc(-c3ccc4c(c3)OCO4)c2)CC1. The predicted molar refractivity (Wildman–Crippen MR) is 188 cm³/mol. The van der Waals surface area contributed by atoms with Crippen molar-refractivity contribution in [3.8, 4) is 34.1 Å². The lowest BCUT2D eigenvalue weighted by Gasteiger charge is -2.21. The maximum absolute atomic E-state index is 13.7. The van der Waals surface area contributed by atoms with E-state index >= 15 is 0 Å². The molecule has 2 heterocycles. The lowest BCUT2D eigenvalue weighted by Crippen LogP contribution is -2.34. The van der Waals surface area contributed by atoms with Gasteiger partial charge in [-0.05, 0) is 111 Å². The molecular formula is C39H48N2O9. The number of likely N-dealkylation sites (N-methyl/N-ethyl adjacent to an activating group) is 1. The van der Waals surface area contributed by atoms with Crippen LogP contribution in [0.15, 0.2) is 54.6 Å². The number of carboxylic acid groups (broad SMARTS) is 2. The summed E-state index contributed by atoms with van der Waals surface area (Å²) in [6.45, 7) is 4.19. The molecule has 0 aromatic heterocycles. The Labute approximate surface area is 293 Å². The van der Waals surface area contributed by atoms with Crippen LogP contribution < -0.4 is 18.9 Å². The molecule has 2 N–H and O–H groups in total. The lowest BCUT2D eigenvalue weighted by molar-refractivity contribution is -0.138. The third-order valence-corrected chi connectivity index (χ3v) is 9.09. The molecule has 0 bridgehead atoms. The van der Waals surface area contributed by atoms with Crippen molar-refractivity contribution < 1.29 is 43.5 Å². The van der Waals surface area contributed by atoms with Crippen LogP contribution in [0, 0.1) is 0 Å². The quantitative estimate of drug-likeness (QED) is 0.147. The maximum atomic E-state index is 13.7. The van der Waals surface area contributed by atoms with Crippen LogP contribution >= 0.6 is 0 Å². The zero-order valence-electron chi connectivity index (χ0n) is 28.9. The summed E-state index contributed by atoms with van der Waals surface area (Å²) in [5.41, 5.74) is 4.34. The number of hydrogen-bond acceptors (Lipinski definition) is 8. The second-order valence-electron chi connectivity index (χ2n) is 12.9. The molecule has 0 unspecified atom stereocenters. The average molecular weight is 689 g/mol.